The molecular formula is C17H16Cl2N2O4. The van der Waals surface area contributed by atoms with Gasteiger partial charge in [-0.05, 0) is 48.9 Å². The normalized spacial score (nSPS) is 10.7. The summed E-state index contributed by atoms with van der Waals surface area (Å²) in [5, 5.41) is 14.2. The summed E-state index contributed by atoms with van der Waals surface area (Å²) >= 11 is 11.7. The first-order valence-corrected chi connectivity index (χ1v) is 8.10. The summed E-state index contributed by atoms with van der Waals surface area (Å²) in [5.41, 5.74) is 2.99. The zero-order valence-electron chi connectivity index (χ0n) is 13.3. The largest absolute Gasteiger partial charge is 0.504 e. The first kappa shape index (κ1) is 18.9. The molecule has 6 nitrogen and oxygen atoms in total. The molecule has 1 amide bonds. The molecule has 132 valence electrons. The second-order valence-corrected chi connectivity index (χ2v) is 5.66. The molecule has 0 atom stereocenters. The van der Waals surface area contributed by atoms with Crippen LogP contribution in [0.5, 0.6) is 17.2 Å². The number of phenolic OH excluding ortho intramolecular Hbond substituents is 1. The van der Waals surface area contributed by atoms with Gasteiger partial charge in [0.05, 0.1) is 17.8 Å². The van der Waals surface area contributed by atoms with E-state index in [1.165, 1.54) is 18.3 Å². The SMILES string of the molecule is CCOc1cc(/C=N/NC(=O)COc2ccc(Cl)cc2Cl)ccc1O. The standard InChI is InChI=1S/C17H16Cl2N2O4/c1-2-24-16-7-11(3-5-14(16)22)9-20-21-17(23)10-25-15-6-4-12(18)8-13(15)19/h3-9,22H,2,10H2,1H3,(H,21,23)/b20-9+. The van der Waals surface area contributed by atoms with Crippen molar-refractivity contribution < 1.29 is 19.4 Å². The van der Waals surface area contributed by atoms with E-state index in [2.05, 4.69) is 10.5 Å². The van der Waals surface area contributed by atoms with E-state index in [-0.39, 0.29) is 12.4 Å². The minimum Gasteiger partial charge on any atom is -0.504 e. The Morgan fingerprint density at radius 1 is 1.20 bits per heavy atom. The van der Waals surface area contributed by atoms with Gasteiger partial charge in [-0.3, -0.25) is 4.79 Å². The lowest BCUT2D eigenvalue weighted by atomic mass is 10.2. The van der Waals surface area contributed by atoms with Crippen molar-refractivity contribution in [3.63, 3.8) is 0 Å². The van der Waals surface area contributed by atoms with Crippen molar-refractivity contribution in [2.75, 3.05) is 13.2 Å². The van der Waals surface area contributed by atoms with Gasteiger partial charge in [0.15, 0.2) is 18.1 Å². The number of amides is 1. The number of nitrogens with one attached hydrogen (secondary N) is 1. The Morgan fingerprint density at radius 2 is 2.00 bits per heavy atom. The van der Waals surface area contributed by atoms with Crippen LogP contribution in [0.3, 0.4) is 0 Å². The summed E-state index contributed by atoms with van der Waals surface area (Å²) in [6, 6.07) is 9.44. The number of nitrogens with zero attached hydrogens (tertiary/aromatic N) is 1. The van der Waals surface area contributed by atoms with Crippen molar-refractivity contribution in [3.8, 4) is 17.2 Å². The summed E-state index contributed by atoms with van der Waals surface area (Å²) in [5.74, 6) is 0.283. The Kier molecular flexibility index (Phi) is 6.91. The van der Waals surface area contributed by atoms with Crippen LogP contribution < -0.4 is 14.9 Å². The first-order valence-electron chi connectivity index (χ1n) is 7.35. The molecular weight excluding hydrogens is 367 g/mol. The molecule has 0 fully saturated rings. The average molecular weight is 383 g/mol. The van der Waals surface area contributed by atoms with Crippen molar-refractivity contribution in [2.45, 2.75) is 6.92 Å². The highest BCUT2D eigenvalue weighted by atomic mass is 35.5. The molecule has 0 aliphatic heterocycles. The van der Waals surface area contributed by atoms with Crippen LogP contribution in [-0.4, -0.2) is 30.4 Å². The molecule has 0 aromatic heterocycles. The fourth-order valence-corrected chi connectivity index (χ4v) is 2.29. The van der Waals surface area contributed by atoms with Crippen LogP contribution in [0.15, 0.2) is 41.5 Å². The lowest BCUT2D eigenvalue weighted by Gasteiger charge is -2.07. The molecule has 8 heteroatoms. The molecule has 0 unspecified atom stereocenters. The fourth-order valence-electron chi connectivity index (χ4n) is 1.83. The molecule has 2 rings (SSSR count). The molecule has 2 aromatic rings. The number of hydrazone groups is 1. The van der Waals surface area contributed by atoms with E-state index >= 15 is 0 Å². The molecule has 2 N–H and O–H groups in total. The van der Waals surface area contributed by atoms with Crippen LogP contribution >= 0.6 is 23.2 Å². The van der Waals surface area contributed by atoms with Gasteiger partial charge in [0.1, 0.15) is 5.75 Å². The van der Waals surface area contributed by atoms with Gasteiger partial charge in [0.2, 0.25) is 0 Å². The number of carbonyl (C=O) groups excluding carboxylic acids is 1. The van der Waals surface area contributed by atoms with Crippen molar-refractivity contribution >= 4 is 35.3 Å². The molecule has 0 radical (unpaired) electrons. The predicted molar refractivity (Wildman–Crippen MR) is 97.0 cm³/mol. The number of hydrogen-bond acceptors (Lipinski definition) is 5. The van der Waals surface area contributed by atoms with Gasteiger partial charge in [-0.2, -0.15) is 5.10 Å². The van der Waals surface area contributed by atoms with Gasteiger partial charge < -0.3 is 14.6 Å². The fraction of sp³-hybridized carbons (Fsp3) is 0.176. The number of hydrogen-bond donors (Lipinski definition) is 2. The molecule has 25 heavy (non-hydrogen) atoms. The maximum atomic E-state index is 11.7. The molecule has 0 saturated carbocycles. The Bertz CT molecular complexity index is 781. The topological polar surface area (TPSA) is 80.2 Å². The van der Waals surface area contributed by atoms with Gasteiger partial charge >= 0.3 is 0 Å². The van der Waals surface area contributed by atoms with E-state index in [0.29, 0.717) is 33.7 Å². The minimum absolute atomic E-state index is 0.0382. The summed E-state index contributed by atoms with van der Waals surface area (Å²) in [6.45, 7) is 1.99. The van der Waals surface area contributed by atoms with E-state index in [1.807, 2.05) is 6.92 Å². The van der Waals surface area contributed by atoms with Crippen LogP contribution in [-0.2, 0) is 4.79 Å². The summed E-state index contributed by atoms with van der Waals surface area (Å²) in [4.78, 5) is 11.7. The number of carbonyl (C=O) groups is 1. The van der Waals surface area contributed by atoms with Crippen molar-refractivity contribution in [1.82, 2.24) is 5.43 Å². The number of benzene rings is 2. The van der Waals surface area contributed by atoms with E-state index in [9.17, 15) is 9.90 Å². The van der Waals surface area contributed by atoms with Crippen molar-refractivity contribution in [1.29, 1.82) is 0 Å². The number of ether oxygens (including phenoxy) is 2. The number of rotatable bonds is 7. The van der Waals surface area contributed by atoms with E-state index in [4.69, 9.17) is 32.7 Å². The van der Waals surface area contributed by atoms with Crippen LogP contribution in [0.1, 0.15) is 12.5 Å². The first-order chi connectivity index (χ1) is 12.0. The highest BCUT2D eigenvalue weighted by Crippen LogP contribution is 2.27. The van der Waals surface area contributed by atoms with E-state index in [1.54, 1.807) is 24.3 Å². The number of aromatic hydroxyl groups is 1. The Hall–Kier alpha value is -2.44. The van der Waals surface area contributed by atoms with Gasteiger partial charge in [0, 0.05) is 5.02 Å². The zero-order chi connectivity index (χ0) is 18.2. The smallest absolute Gasteiger partial charge is 0.277 e. The molecule has 0 heterocycles. The highest BCUT2D eigenvalue weighted by molar-refractivity contribution is 6.35. The van der Waals surface area contributed by atoms with Gasteiger partial charge in [-0.25, -0.2) is 5.43 Å². The molecule has 0 aliphatic rings. The highest BCUT2D eigenvalue weighted by Gasteiger charge is 2.06. The molecule has 0 saturated heterocycles. The van der Waals surface area contributed by atoms with Crippen molar-refractivity contribution in [3.05, 3.63) is 52.0 Å². The maximum absolute atomic E-state index is 11.7. The summed E-state index contributed by atoms with van der Waals surface area (Å²) < 4.78 is 10.6. The van der Waals surface area contributed by atoms with Crippen LogP contribution in [0.2, 0.25) is 10.0 Å². The quantitative estimate of drug-likeness (QED) is 0.565. The average Bonchev–Trinajstić information content (AvgIpc) is 2.57. The molecule has 0 spiro atoms. The van der Waals surface area contributed by atoms with E-state index < -0.39 is 5.91 Å². The summed E-state index contributed by atoms with van der Waals surface area (Å²) in [6.07, 6.45) is 1.43. The minimum atomic E-state index is -0.453. The number of phenols is 1. The van der Waals surface area contributed by atoms with Crippen LogP contribution in [0.25, 0.3) is 0 Å². The monoisotopic (exact) mass is 382 g/mol. The molecule has 2 aromatic carbocycles. The Labute approximate surface area is 155 Å². The Balaban J connectivity index is 1.87. The summed E-state index contributed by atoms with van der Waals surface area (Å²) in [7, 11) is 0. The van der Waals surface area contributed by atoms with E-state index in [0.717, 1.165) is 0 Å². The van der Waals surface area contributed by atoms with Gasteiger partial charge in [0.25, 0.3) is 5.91 Å². The van der Waals surface area contributed by atoms with Crippen LogP contribution in [0.4, 0.5) is 0 Å². The van der Waals surface area contributed by atoms with Gasteiger partial charge in [-0.15, -0.1) is 0 Å². The molecule has 0 bridgehead atoms. The zero-order valence-corrected chi connectivity index (χ0v) is 14.8. The number of halogens is 2. The van der Waals surface area contributed by atoms with Gasteiger partial charge in [-0.1, -0.05) is 23.2 Å². The second-order valence-electron chi connectivity index (χ2n) is 4.82. The van der Waals surface area contributed by atoms with Crippen LogP contribution in [0, 0.1) is 0 Å². The second kappa shape index (κ2) is 9.15. The third kappa shape index (κ3) is 5.85. The Morgan fingerprint density at radius 3 is 2.72 bits per heavy atom. The lowest BCUT2D eigenvalue weighted by molar-refractivity contribution is -0.123. The molecule has 0 aliphatic carbocycles. The lowest BCUT2D eigenvalue weighted by Crippen LogP contribution is -2.24. The third-order valence-electron chi connectivity index (χ3n) is 2.94. The maximum Gasteiger partial charge on any atom is 0.277 e. The predicted octanol–water partition coefficient (Wildman–Crippen LogP) is 3.63. The van der Waals surface area contributed by atoms with Crippen molar-refractivity contribution in [2.24, 2.45) is 5.10 Å². The third-order valence-corrected chi connectivity index (χ3v) is 3.47.